The summed E-state index contributed by atoms with van der Waals surface area (Å²) in [4.78, 5) is 0. The van der Waals surface area contributed by atoms with Crippen LogP contribution in [-0.2, 0) is 8.85 Å². The van der Waals surface area contributed by atoms with Crippen molar-refractivity contribution in [1.29, 1.82) is 0 Å². The molecule has 0 N–H and O–H groups in total. The SMILES string of the molecule is C=Cc1ccc([Si](OC)OCC(CC)N([Si](C)(C)C)[Si](C)(C)C)cc1. The molecule has 6 heteroatoms. The molecule has 0 bridgehead atoms. The Hall–Kier alpha value is -0.509. The van der Waals surface area contributed by atoms with Crippen molar-refractivity contribution in [2.75, 3.05) is 13.7 Å². The molecule has 0 saturated heterocycles. The van der Waals surface area contributed by atoms with Crippen molar-refractivity contribution in [2.45, 2.75) is 58.7 Å². The van der Waals surface area contributed by atoms with Gasteiger partial charge in [-0.25, -0.2) is 0 Å². The fourth-order valence-corrected chi connectivity index (χ4v) is 15.7. The Morgan fingerprint density at radius 3 is 1.96 bits per heavy atom. The summed E-state index contributed by atoms with van der Waals surface area (Å²) < 4.78 is 14.9. The predicted octanol–water partition coefficient (Wildman–Crippen LogP) is 4.44. The van der Waals surface area contributed by atoms with E-state index in [2.05, 4.69) is 81.3 Å². The van der Waals surface area contributed by atoms with Crippen molar-refractivity contribution in [2.24, 2.45) is 0 Å². The summed E-state index contributed by atoms with van der Waals surface area (Å²) in [6.45, 7) is 21.5. The van der Waals surface area contributed by atoms with Gasteiger partial charge in [0.2, 0.25) is 0 Å². The molecule has 1 aromatic carbocycles. The Kier molecular flexibility index (Phi) is 8.50. The summed E-state index contributed by atoms with van der Waals surface area (Å²) >= 11 is 0. The first-order valence-electron chi connectivity index (χ1n) is 9.10. The molecule has 0 fully saturated rings. The van der Waals surface area contributed by atoms with Gasteiger partial charge in [-0.1, -0.05) is 83.1 Å². The summed E-state index contributed by atoms with van der Waals surface area (Å²) in [5.74, 6) is 0. The normalized spacial score (nSPS) is 14.2. The molecule has 0 heterocycles. The van der Waals surface area contributed by atoms with Crippen molar-refractivity contribution < 1.29 is 8.85 Å². The van der Waals surface area contributed by atoms with Crippen molar-refractivity contribution in [1.82, 2.24) is 4.23 Å². The number of rotatable bonds is 10. The first-order valence-corrected chi connectivity index (χ1v) is 17.3. The van der Waals surface area contributed by atoms with Gasteiger partial charge >= 0.3 is 9.28 Å². The molecule has 25 heavy (non-hydrogen) atoms. The zero-order valence-electron chi connectivity index (χ0n) is 17.3. The van der Waals surface area contributed by atoms with Crippen LogP contribution in [0.5, 0.6) is 0 Å². The Balaban J connectivity index is 2.90. The van der Waals surface area contributed by atoms with Gasteiger partial charge in [0.05, 0.1) is 6.61 Å². The average Bonchev–Trinajstić information content (AvgIpc) is 2.52. The fourth-order valence-electron chi connectivity index (χ4n) is 3.66. The summed E-state index contributed by atoms with van der Waals surface area (Å²) in [5.41, 5.74) is 1.12. The topological polar surface area (TPSA) is 21.7 Å². The second kappa shape index (κ2) is 9.43. The van der Waals surface area contributed by atoms with E-state index in [1.54, 1.807) is 7.11 Å². The van der Waals surface area contributed by atoms with Crippen molar-refractivity contribution in [3.63, 3.8) is 0 Å². The van der Waals surface area contributed by atoms with E-state index in [1.165, 1.54) is 0 Å². The second-order valence-corrected chi connectivity index (χ2v) is 20.3. The van der Waals surface area contributed by atoms with Crippen LogP contribution in [0, 0.1) is 0 Å². The van der Waals surface area contributed by atoms with E-state index in [0.29, 0.717) is 6.04 Å². The van der Waals surface area contributed by atoms with Gasteiger partial charge in [0.25, 0.3) is 0 Å². The van der Waals surface area contributed by atoms with Crippen LogP contribution in [-0.4, -0.2) is 49.7 Å². The Morgan fingerprint density at radius 1 is 1.08 bits per heavy atom. The van der Waals surface area contributed by atoms with Crippen LogP contribution in [0.15, 0.2) is 30.8 Å². The fraction of sp³-hybridized carbons (Fsp3) is 0.579. The number of hydrogen-bond acceptors (Lipinski definition) is 3. The highest BCUT2D eigenvalue weighted by Crippen LogP contribution is 2.25. The van der Waals surface area contributed by atoms with Gasteiger partial charge in [-0.2, -0.15) is 0 Å². The van der Waals surface area contributed by atoms with Crippen molar-refractivity contribution >= 4 is 37.0 Å². The molecule has 1 aromatic rings. The van der Waals surface area contributed by atoms with Crippen molar-refractivity contribution in [3.8, 4) is 0 Å². The van der Waals surface area contributed by atoms with E-state index in [9.17, 15) is 0 Å². The minimum atomic E-state index is -1.44. The number of nitrogens with zero attached hydrogens (tertiary/aromatic N) is 1. The standard InChI is InChI=1S/C19H36NO2Si3/c1-10-17-12-14-19(15-13-17)23(21-3)22-16-18(11-2)20(24(4,5)6)25(7,8)9/h10,12-15,18H,1,11,16H2,2-9H3. The van der Waals surface area contributed by atoms with Gasteiger partial charge in [0.15, 0.2) is 0 Å². The molecule has 0 spiro atoms. The number of hydrogen-bond donors (Lipinski definition) is 0. The molecule has 0 aliphatic carbocycles. The zero-order chi connectivity index (χ0) is 19.3. The van der Waals surface area contributed by atoms with Crippen LogP contribution >= 0.6 is 0 Å². The lowest BCUT2D eigenvalue weighted by molar-refractivity contribution is 0.193. The minimum Gasteiger partial charge on any atom is -0.393 e. The summed E-state index contributed by atoms with van der Waals surface area (Å²) in [6, 6.07) is 8.82. The summed E-state index contributed by atoms with van der Waals surface area (Å²) in [7, 11) is -2.50. The maximum absolute atomic E-state index is 6.33. The molecule has 0 amide bonds. The summed E-state index contributed by atoms with van der Waals surface area (Å²) in [5, 5.41) is 1.15. The monoisotopic (exact) mass is 394 g/mol. The molecule has 141 valence electrons. The molecule has 1 radical (unpaired) electrons. The highest BCUT2D eigenvalue weighted by Gasteiger charge is 2.39. The van der Waals surface area contributed by atoms with Crippen LogP contribution in [0.25, 0.3) is 6.08 Å². The van der Waals surface area contributed by atoms with E-state index in [0.717, 1.165) is 23.8 Å². The maximum Gasteiger partial charge on any atom is 0.423 e. The molecule has 0 aliphatic rings. The van der Waals surface area contributed by atoms with E-state index < -0.39 is 25.8 Å². The Labute approximate surface area is 159 Å². The van der Waals surface area contributed by atoms with Crippen LogP contribution in [0.1, 0.15) is 18.9 Å². The lowest BCUT2D eigenvalue weighted by atomic mass is 10.2. The highest BCUT2D eigenvalue weighted by molar-refractivity contribution is 6.89. The average molecular weight is 395 g/mol. The third kappa shape index (κ3) is 6.62. The van der Waals surface area contributed by atoms with Gasteiger partial charge in [-0.05, 0) is 17.2 Å². The van der Waals surface area contributed by atoms with E-state index in [4.69, 9.17) is 8.85 Å². The van der Waals surface area contributed by atoms with E-state index in [1.807, 2.05) is 6.08 Å². The Morgan fingerprint density at radius 2 is 1.60 bits per heavy atom. The molecular formula is C19H36NO2Si3. The van der Waals surface area contributed by atoms with Crippen molar-refractivity contribution in [3.05, 3.63) is 36.4 Å². The molecule has 3 nitrogen and oxygen atoms in total. The van der Waals surface area contributed by atoms with Crippen LogP contribution in [0.3, 0.4) is 0 Å². The third-order valence-electron chi connectivity index (χ3n) is 4.26. The smallest absolute Gasteiger partial charge is 0.393 e. The van der Waals surface area contributed by atoms with Gasteiger partial charge in [-0.3, -0.25) is 0 Å². The zero-order valence-corrected chi connectivity index (χ0v) is 20.3. The largest absolute Gasteiger partial charge is 0.423 e. The molecule has 0 aliphatic heterocycles. The molecule has 1 rings (SSSR count). The van der Waals surface area contributed by atoms with Crippen LogP contribution in [0.4, 0.5) is 0 Å². The van der Waals surface area contributed by atoms with Gasteiger partial charge in [-0.15, -0.1) is 0 Å². The predicted molar refractivity (Wildman–Crippen MR) is 117 cm³/mol. The van der Waals surface area contributed by atoms with Crippen LogP contribution < -0.4 is 5.19 Å². The second-order valence-electron chi connectivity index (χ2n) is 8.40. The molecule has 1 atom stereocenters. The first kappa shape index (κ1) is 22.5. The Bertz CT molecular complexity index is 521. The van der Waals surface area contributed by atoms with E-state index >= 15 is 0 Å². The van der Waals surface area contributed by atoms with Crippen LogP contribution in [0.2, 0.25) is 39.3 Å². The van der Waals surface area contributed by atoms with Gasteiger partial charge < -0.3 is 13.1 Å². The quantitative estimate of drug-likeness (QED) is 0.548. The van der Waals surface area contributed by atoms with E-state index in [-0.39, 0.29) is 0 Å². The lowest BCUT2D eigenvalue weighted by Crippen LogP contribution is -2.64. The van der Waals surface area contributed by atoms with Gasteiger partial charge in [0.1, 0.15) is 16.5 Å². The molecule has 0 aromatic heterocycles. The molecular weight excluding hydrogens is 358 g/mol. The first-order chi connectivity index (χ1) is 11.5. The summed E-state index contributed by atoms with van der Waals surface area (Å²) in [6.07, 6.45) is 2.97. The van der Waals surface area contributed by atoms with Gasteiger partial charge in [0, 0.05) is 13.2 Å². The molecule has 1 unspecified atom stereocenters. The highest BCUT2D eigenvalue weighted by atomic mass is 28.4. The third-order valence-corrected chi connectivity index (χ3v) is 13.5. The molecule has 0 saturated carbocycles. The maximum atomic E-state index is 6.33. The lowest BCUT2D eigenvalue weighted by Gasteiger charge is -2.48. The minimum absolute atomic E-state index is 0.473. The number of benzene rings is 1.